The van der Waals surface area contributed by atoms with E-state index in [0.717, 1.165) is 42.3 Å². The molecule has 0 unspecified atom stereocenters. The Hall–Kier alpha value is -3.07. The highest BCUT2D eigenvalue weighted by atomic mass is 16.6. The largest absolute Gasteiger partial charge is 0.472 e. The minimum Gasteiger partial charge on any atom is -0.472 e. The number of nitrogens with zero attached hydrogens (tertiary/aromatic N) is 5. The molecule has 2 N–H and O–H groups in total. The molecule has 0 aromatic carbocycles. The Bertz CT molecular complexity index is 882. The third kappa shape index (κ3) is 3.47. The highest BCUT2D eigenvalue weighted by Crippen LogP contribution is 2.23. The molecular formula is C17H19N7O2. The van der Waals surface area contributed by atoms with Crippen molar-refractivity contribution in [2.24, 2.45) is 0 Å². The Kier molecular flexibility index (Phi) is 4.69. The monoisotopic (exact) mass is 353 g/mol. The van der Waals surface area contributed by atoms with E-state index in [1.165, 1.54) is 0 Å². The van der Waals surface area contributed by atoms with Gasteiger partial charge < -0.3 is 15.4 Å². The van der Waals surface area contributed by atoms with Gasteiger partial charge in [0.15, 0.2) is 5.82 Å². The Morgan fingerprint density at radius 2 is 2.23 bits per heavy atom. The van der Waals surface area contributed by atoms with Crippen LogP contribution in [0.1, 0.15) is 17.0 Å². The summed E-state index contributed by atoms with van der Waals surface area (Å²) in [6.45, 7) is 4.42. The second-order valence-electron chi connectivity index (χ2n) is 5.89. The number of rotatable bonds is 6. The molecule has 9 heteroatoms. The summed E-state index contributed by atoms with van der Waals surface area (Å²) >= 11 is 0. The van der Waals surface area contributed by atoms with Gasteiger partial charge in [-0.15, -0.1) is 0 Å². The smallest absolute Gasteiger partial charge is 0.278 e. The van der Waals surface area contributed by atoms with E-state index in [0.29, 0.717) is 30.5 Å². The molecule has 4 heterocycles. The van der Waals surface area contributed by atoms with Crippen molar-refractivity contribution in [2.75, 3.05) is 25.0 Å². The maximum absolute atomic E-state index is 5.56. The van der Waals surface area contributed by atoms with E-state index in [1.54, 1.807) is 13.1 Å². The van der Waals surface area contributed by atoms with Gasteiger partial charge in [0.2, 0.25) is 0 Å². The number of aryl methyl sites for hydroxylation is 1. The first kappa shape index (κ1) is 16.4. The molecule has 9 nitrogen and oxygen atoms in total. The second kappa shape index (κ2) is 7.44. The number of nitrogens with one attached hydrogen (secondary N) is 2. The number of pyridine rings is 1. The van der Waals surface area contributed by atoms with Crippen LogP contribution in [-0.2, 0) is 13.0 Å². The van der Waals surface area contributed by atoms with Gasteiger partial charge in [-0.2, -0.15) is 0 Å². The van der Waals surface area contributed by atoms with Crippen LogP contribution in [0.5, 0.6) is 5.88 Å². The summed E-state index contributed by atoms with van der Waals surface area (Å²) in [4.78, 5) is 13.7. The molecule has 0 bridgehead atoms. The zero-order chi connectivity index (χ0) is 17.8. The molecule has 4 rings (SSSR count). The van der Waals surface area contributed by atoms with Crippen molar-refractivity contribution in [1.82, 2.24) is 30.6 Å². The lowest BCUT2D eigenvalue weighted by Gasteiger charge is -2.20. The lowest BCUT2D eigenvalue weighted by molar-refractivity contribution is 0.261. The number of fused-ring (bicyclic) bond motifs is 1. The molecule has 0 aliphatic carbocycles. The summed E-state index contributed by atoms with van der Waals surface area (Å²) in [5, 5.41) is 14.1. The van der Waals surface area contributed by atoms with E-state index < -0.39 is 0 Å². The predicted molar refractivity (Wildman–Crippen MR) is 93.7 cm³/mol. The lowest BCUT2D eigenvalue weighted by Crippen LogP contribution is -2.27. The van der Waals surface area contributed by atoms with Crippen LogP contribution < -0.4 is 15.4 Å². The van der Waals surface area contributed by atoms with Crippen molar-refractivity contribution in [3.63, 3.8) is 0 Å². The first-order chi connectivity index (χ1) is 12.8. The van der Waals surface area contributed by atoms with E-state index in [-0.39, 0.29) is 0 Å². The molecule has 1 aliphatic heterocycles. The van der Waals surface area contributed by atoms with Crippen LogP contribution in [0.15, 0.2) is 29.0 Å². The van der Waals surface area contributed by atoms with Crippen LogP contribution in [0, 0.1) is 6.92 Å². The number of hydrogen-bond donors (Lipinski definition) is 2. The third-order valence-electron chi connectivity index (χ3n) is 4.08. The summed E-state index contributed by atoms with van der Waals surface area (Å²) in [6, 6.07) is 5.71. The van der Waals surface area contributed by atoms with Gasteiger partial charge in [-0.3, -0.25) is 4.98 Å². The quantitative estimate of drug-likeness (QED) is 0.635. The SMILES string of the molecule is Cc1nonc1OCCNc1nc(-c2ccccn2)nc2c1CCNC2. The number of aromatic nitrogens is 5. The van der Waals surface area contributed by atoms with Crippen molar-refractivity contribution >= 4 is 5.82 Å². The fourth-order valence-electron chi connectivity index (χ4n) is 2.79. The van der Waals surface area contributed by atoms with Crippen molar-refractivity contribution in [3.05, 3.63) is 41.3 Å². The molecule has 0 atom stereocenters. The molecule has 0 saturated carbocycles. The molecule has 0 spiro atoms. The van der Waals surface area contributed by atoms with E-state index in [2.05, 4.69) is 35.5 Å². The van der Waals surface area contributed by atoms with E-state index in [9.17, 15) is 0 Å². The van der Waals surface area contributed by atoms with Crippen molar-refractivity contribution in [1.29, 1.82) is 0 Å². The minimum absolute atomic E-state index is 0.412. The van der Waals surface area contributed by atoms with Crippen LogP contribution in [-0.4, -0.2) is 45.0 Å². The van der Waals surface area contributed by atoms with Crippen LogP contribution in [0.3, 0.4) is 0 Å². The molecule has 3 aromatic heterocycles. The van der Waals surface area contributed by atoms with E-state index in [1.807, 2.05) is 18.2 Å². The van der Waals surface area contributed by atoms with Crippen LogP contribution in [0.4, 0.5) is 5.82 Å². The Morgan fingerprint density at radius 1 is 1.27 bits per heavy atom. The maximum Gasteiger partial charge on any atom is 0.278 e. The summed E-state index contributed by atoms with van der Waals surface area (Å²) < 4.78 is 10.2. The maximum atomic E-state index is 5.56. The minimum atomic E-state index is 0.412. The summed E-state index contributed by atoms with van der Waals surface area (Å²) in [5.41, 5.74) is 3.53. The van der Waals surface area contributed by atoms with Gasteiger partial charge >= 0.3 is 0 Å². The molecule has 0 radical (unpaired) electrons. The molecule has 0 saturated heterocycles. The van der Waals surface area contributed by atoms with Crippen LogP contribution in [0.2, 0.25) is 0 Å². The summed E-state index contributed by atoms with van der Waals surface area (Å²) in [5.74, 6) is 1.86. The molecule has 1 aliphatic rings. The van der Waals surface area contributed by atoms with Crippen molar-refractivity contribution in [3.8, 4) is 17.4 Å². The number of anilines is 1. The highest BCUT2D eigenvalue weighted by molar-refractivity contribution is 5.57. The van der Waals surface area contributed by atoms with Crippen molar-refractivity contribution in [2.45, 2.75) is 19.9 Å². The fourth-order valence-corrected chi connectivity index (χ4v) is 2.79. The first-order valence-corrected chi connectivity index (χ1v) is 8.49. The Balaban J connectivity index is 1.51. The van der Waals surface area contributed by atoms with E-state index in [4.69, 9.17) is 9.72 Å². The van der Waals surface area contributed by atoms with E-state index >= 15 is 0 Å². The van der Waals surface area contributed by atoms with Crippen LogP contribution in [0.25, 0.3) is 11.5 Å². The fraction of sp³-hybridized carbons (Fsp3) is 0.353. The van der Waals surface area contributed by atoms with Crippen molar-refractivity contribution < 1.29 is 9.37 Å². The molecule has 0 amide bonds. The molecule has 3 aromatic rings. The summed E-state index contributed by atoms with van der Waals surface area (Å²) in [6.07, 6.45) is 2.62. The molecule has 134 valence electrons. The normalized spacial score (nSPS) is 13.3. The average Bonchev–Trinajstić information content (AvgIpc) is 3.10. The number of hydrogen-bond acceptors (Lipinski definition) is 9. The summed E-state index contributed by atoms with van der Waals surface area (Å²) in [7, 11) is 0. The average molecular weight is 353 g/mol. The zero-order valence-electron chi connectivity index (χ0n) is 14.4. The topological polar surface area (TPSA) is 111 Å². The molecule has 0 fully saturated rings. The lowest BCUT2D eigenvalue weighted by atomic mass is 10.1. The first-order valence-electron chi connectivity index (χ1n) is 8.49. The zero-order valence-corrected chi connectivity index (χ0v) is 14.4. The van der Waals surface area contributed by atoms with Gasteiger partial charge in [-0.1, -0.05) is 11.2 Å². The van der Waals surface area contributed by atoms with Gasteiger partial charge in [-0.25, -0.2) is 14.6 Å². The van der Waals surface area contributed by atoms with Gasteiger partial charge in [0.1, 0.15) is 23.8 Å². The van der Waals surface area contributed by atoms with Gasteiger partial charge in [-0.05, 0) is 37.2 Å². The predicted octanol–water partition coefficient (Wildman–Crippen LogP) is 1.37. The third-order valence-corrected chi connectivity index (χ3v) is 4.08. The van der Waals surface area contributed by atoms with Gasteiger partial charge in [0.05, 0.1) is 12.2 Å². The van der Waals surface area contributed by atoms with Gasteiger partial charge in [0, 0.05) is 18.3 Å². The van der Waals surface area contributed by atoms with Gasteiger partial charge in [0.25, 0.3) is 5.88 Å². The molecular weight excluding hydrogens is 334 g/mol. The standard InChI is InChI=1S/C17H19N7O2/c1-11-17(24-26-23-11)25-9-8-20-15-12-5-7-18-10-14(12)21-16(22-15)13-4-2-3-6-19-13/h2-4,6,18H,5,7-10H2,1H3,(H,20,21,22). The Morgan fingerprint density at radius 3 is 3.04 bits per heavy atom. The van der Waals surface area contributed by atoms with Crippen LogP contribution >= 0.6 is 0 Å². The Labute approximate surface area is 150 Å². The molecule has 26 heavy (non-hydrogen) atoms. The second-order valence-corrected chi connectivity index (χ2v) is 5.89. The number of ether oxygens (including phenoxy) is 1. The highest BCUT2D eigenvalue weighted by Gasteiger charge is 2.18.